The highest BCUT2D eigenvalue weighted by Gasteiger charge is 2.42. The molecule has 4 heterocycles. The zero-order valence-corrected chi connectivity index (χ0v) is 21.8. The Balaban J connectivity index is 1.66. The lowest BCUT2D eigenvalue weighted by Crippen LogP contribution is -2.45. The molecule has 5 rings (SSSR count). The maximum atomic E-state index is 13.9. The number of rotatable bonds is 9. The number of nitrogens with zero attached hydrogens (tertiary/aromatic N) is 5. The molecule has 10 nitrogen and oxygen atoms in total. The molecule has 1 saturated heterocycles. The molecule has 2 aliphatic heterocycles. The van der Waals surface area contributed by atoms with E-state index in [4.69, 9.17) is 21.7 Å². The van der Waals surface area contributed by atoms with E-state index in [0.717, 1.165) is 12.3 Å². The van der Waals surface area contributed by atoms with E-state index in [1.807, 2.05) is 0 Å². The third-order valence-corrected chi connectivity index (χ3v) is 8.27. The van der Waals surface area contributed by atoms with Crippen molar-refractivity contribution in [1.29, 1.82) is 0 Å². The van der Waals surface area contributed by atoms with Gasteiger partial charge in [0, 0.05) is 65.2 Å². The summed E-state index contributed by atoms with van der Waals surface area (Å²) in [4.78, 5) is 11.0. The van der Waals surface area contributed by atoms with E-state index in [-0.39, 0.29) is 36.8 Å². The second-order valence-corrected chi connectivity index (χ2v) is 11.3. The van der Waals surface area contributed by atoms with E-state index >= 15 is 0 Å². The third kappa shape index (κ3) is 5.34. The van der Waals surface area contributed by atoms with Crippen molar-refractivity contribution in [2.45, 2.75) is 25.1 Å². The quantitative estimate of drug-likeness (QED) is 0.354. The number of alkyl halides is 2. The van der Waals surface area contributed by atoms with Gasteiger partial charge < -0.3 is 10.0 Å². The molecule has 3 N–H and O–H groups in total. The number of hydrogen-bond acceptors (Lipinski definition) is 8. The molecule has 16 heteroatoms. The van der Waals surface area contributed by atoms with Gasteiger partial charge in [-0.15, -0.1) is 11.3 Å². The molecule has 0 unspecified atom stereocenters. The van der Waals surface area contributed by atoms with Crippen LogP contribution in [0.15, 0.2) is 52.7 Å². The number of thiazole rings is 1. The third-order valence-electron chi connectivity index (χ3n) is 5.95. The van der Waals surface area contributed by atoms with Crippen molar-refractivity contribution in [2.24, 2.45) is 4.99 Å². The number of halogens is 4. The highest BCUT2D eigenvalue weighted by molar-refractivity contribution is 7.87. The van der Waals surface area contributed by atoms with Crippen molar-refractivity contribution >= 4 is 44.6 Å². The van der Waals surface area contributed by atoms with Crippen LogP contribution in [0, 0.1) is 5.82 Å². The Kier molecular flexibility index (Phi) is 7.57. The SMILES string of the molecule is O=S(=O)(NCCO)N[C@H]1CC2=C(c3ccn(C(F)F)n3)[C@H](c3ccc(F)cc3Cl)N=C(c3nccs3)N2C1. The summed E-state index contributed by atoms with van der Waals surface area (Å²) in [6, 6.07) is 3.75. The minimum atomic E-state index is -3.95. The first-order chi connectivity index (χ1) is 18.2. The highest BCUT2D eigenvalue weighted by Crippen LogP contribution is 2.46. The Morgan fingerprint density at radius 1 is 1.29 bits per heavy atom. The van der Waals surface area contributed by atoms with Crippen LogP contribution < -0.4 is 9.44 Å². The summed E-state index contributed by atoms with van der Waals surface area (Å²) in [6.07, 6.45) is 2.90. The molecule has 2 aromatic heterocycles. The van der Waals surface area contributed by atoms with Crippen LogP contribution in [-0.2, 0) is 10.2 Å². The van der Waals surface area contributed by atoms with Crippen molar-refractivity contribution in [3.63, 3.8) is 0 Å². The smallest absolute Gasteiger partial charge is 0.333 e. The van der Waals surface area contributed by atoms with E-state index in [1.54, 1.807) is 16.5 Å². The van der Waals surface area contributed by atoms with Gasteiger partial charge in [-0.05, 0) is 18.2 Å². The van der Waals surface area contributed by atoms with Gasteiger partial charge in [0.25, 0.3) is 10.2 Å². The van der Waals surface area contributed by atoms with E-state index in [9.17, 15) is 21.6 Å². The average Bonchev–Trinajstić information content (AvgIpc) is 3.62. The molecule has 38 heavy (non-hydrogen) atoms. The van der Waals surface area contributed by atoms with Crippen molar-refractivity contribution < 1.29 is 26.7 Å². The van der Waals surface area contributed by atoms with Crippen LogP contribution in [0.4, 0.5) is 13.2 Å². The van der Waals surface area contributed by atoms with Gasteiger partial charge in [0.2, 0.25) is 0 Å². The predicted molar refractivity (Wildman–Crippen MR) is 135 cm³/mol. The predicted octanol–water partition coefficient (Wildman–Crippen LogP) is 2.93. The fourth-order valence-electron chi connectivity index (χ4n) is 4.47. The largest absolute Gasteiger partial charge is 0.395 e. The van der Waals surface area contributed by atoms with Gasteiger partial charge in [0.05, 0.1) is 12.3 Å². The minimum absolute atomic E-state index is 0.0838. The van der Waals surface area contributed by atoms with Crippen LogP contribution in [0.5, 0.6) is 0 Å². The number of nitrogens with one attached hydrogen (secondary N) is 2. The number of aliphatic imine (C=N–C) groups is 1. The zero-order chi connectivity index (χ0) is 27.0. The summed E-state index contributed by atoms with van der Waals surface area (Å²) >= 11 is 7.74. The maximum Gasteiger partial charge on any atom is 0.333 e. The molecule has 0 saturated carbocycles. The Bertz CT molecular complexity index is 1500. The Labute approximate surface area is 224 Å². The number of benzene rings is 1. The fourth-order valence-corrected chi connectivity index (χ4v) is 6.43. The number of aliphatic hydroxyl groups excluding tert-OH is 1. The van der Waals surface area contributed by atoms with E-state index in [2.05, 4.69) is 19.5 Å². The number of aliphatic hydroxyl groups is 1. The van der Waals surface area contributed by atoms with Gasteiger partial charge in [0.15, 0.2) is 10.8 Å². The molecule has 0 amide bonds. The molecule has 0 aliphatic carbocycles. The summed E-state index contributed by atoms with van der Waals surface area (Å²) in [6.45, 7) is -3.25. The molecule has 1 aromatic carbocycles. The van der Waals surface area contributed by atoms with Gasteiger partial charge in [-0.2, -0.15) is 31.7 Å². The van der Waals surface area contributed by atoms with Gasteiger partial charge in [0.1, 0.15) is 11.9 Å². The van der Waals surface area contributed by atoms with Gasteiger partial charge in [-0.1, -0.05) is 17.7 Å². The number of aromatic nitrogens is 3. The maximum absolute atomic E-state index is 13.9. The molecule has 2 aliphatic rings. The number of amidine groups is 1. The fraction of sp³-hybridized carbons (Fsp3) is 0.318. The zero-order valence-electron chi connectivity index (χ0n) is 19.4. The Morgan fingerprint density at radius 2 is 2.11 bits per heavy atom. The summed E-state index contributed by atoms with van der Waals surface area (Å²) in [5, 5.41) is 15.4. The monoisotopic (exact) mass is 587 g/mol. The number of hydrogen-bond donors (Lipinski definition) is 3. The molecule has 0 bridgehead atoms. The molecule has 2 atom stereocenters. The molecular weight excluding hydrogens is 567 g/mol. The van der Waals surface area contributed by atoms with Gasteiger partial charge >= 0.3 is 6.55 Å². The lowest BCUT2D eigenvalue weighted by molar-refractivity contribution is 0.0564. The second kappa shape index (κ2) is 10.7. The summed E-state index contributed by atoms with van der Waals surface area (Å²) < 4.78 is 71.0. The highest BCUT2D eigenvalue weighted by atomic mass is 35.5. The summed E-state index contributed by atoms with van der Waals surface area (Å²) in [5.41, 5.74) is 1.64. The van der Waals surface area contributed by atoms with Gasteiger partial charge in [-0.3, -0.25) is 4.99 Å². The van der Waals surface area contributed by atoms with E-state index in [0.29, 0.717) is 32.4 Å². The number of fused-ring (bicyclic) bond motifs is 1. The van der Waals surface area contributed by atoms with Crippen LogP contribution in [0.3, 0.4) is 0 Å². The summed E-state index contributed by atoms with van der Waals surface area (Å²) in [5.74, 6) is -0.121. The second-order valence-electron chi connectivity index (χ2n) is 8.43. The molecule has 0 radical (unpaired) electrons. The van der Waals surface area contributed by atoms with Crippen LogP contribution >= 0.6 is 22.9 Å². The lowest BCUT2D eigenvalue weighted by Gasteiger charge is -2.32. The standard InChI is InChI=1S/C22H21ClF3N7O3S2/c23-15-9-12(24)1-2-14(15)19-18(16-3-6-33(30-16)22(25)26)17-10-13(31-38(35,36)28-4-7-34)11-32(17)20(29-19)21-27-5-8-37-21/h1-3,5-6,8-9,13,19,22,28,31,34H,4,7,10-11H2/t13-,19-/m0/s1. The molecule has 202 valence electrons. The van der Waals surface area contributed by atoms with Crippen molar-refractivity contribution in [3.8, 4) is 0 Å². The first-order valence-corrected chi connectivity index (χ1v) is 14.1. The molecule has 1 fully saturated rings. The topological polar surface area (TPSA) is 125 Å². The Hall–Kier alpha value is -2.82. The van der Waals surface area contributed by atoms with Crippen LogP contribution in [0.25, 0.3) is 5.57 Å². The molecular formula is C22H21ClF3N7O3S2. The van der Waals surface area contributed by atoms with Crippen molar-refractivity contribution in [1.82, 2.24) is 29.1 Å². The van der Waals surface area contributed by atoms with Gasteiger partial charge in [-0.25, -0.2) is 14.1 Å². The summed E-state index contributed by atoms with van der Waals surface area (Å²) in [7, 11) is -3.95. The normalized spacial score (nSPS) is 19.8. The van der Waals surface area contributed by atoms with Crippen LogP contribution in [0.1, 0.15) is 35.3 Å². The molecule has 0 spiro atoms. The lowest BCUT2D eigenvalue weighted by atomic mass is 9.92. The van der Waals surface area contributed by atoms with Crippen molar-refractivity contribution in [2.75, 3.05) is 19.7 Å². The van der Waals surface area contributed by atoms with Crippen molar-refractivity contribution in [3.05, 3.63) is 74.8 Å². The first kappa shape index (κ1) is 26.8. The van der Waals surface area contributed by atoms with E-state index < -0.39 is 34.7 Å². The van der Waals surface area contributed by atoms with E-state index in [1.165, 1.54) is 29.5 Å². The Morgan fingerprint density at radius 3 is 2.76 bits per heavy atom. The van der Waals surface area contributed by atoms with Crippen LogP contribution in [-0.4, -0.2) is 64.8 Å². The first-order valence-electron chi connectivity index (χ1n) is 11.3. The molecule has 3 aromatic rings. The van der Waals surface area contributed by atoms with Crippen LogP contribution in [0.2, 0.25) is 5.02 Å². The average molecular weight is 588 g/mol. The minimum Gasteiger partial charge on any atom is -0.395 e.